The van der Waals surface area contributed by atoms with Crippen LogP contribution in [-0.4, -0.2) is 38.6 Å². The summed E-state index contributed by atoms with van der Waals surface area (Å²) in [5.74, 6) is -0.595. The predicted octanol–water partition coefficient (Wildman–Crippen LogP) is 3.82. The van der Waals surface area contributed by atoms with Gasteiger partial charge in [-0.25, -0.2) is 13.1 Å². The van der Waals surface area contributed by atoms with Gasteiger partial charge in [0.05, 0.1) is 17.4 Å². The normalized spacial score (nSPS) is 13.1. The lowest BCUT2D eigenvalue weighted by Crippen LogP contribution is -2.35. The number of anilines is 1. The number of hydrogen-bond acceptors (Lipinski definition) is 6. The highest BCUT2D eigenvalue weighted by molar-refractivity contribution is 7.90. The van der Waals surface area contributed by atoms with Crippen molar-refractivity contribution in [3.8, 4) is 0 Å². The second-order valence-corrected chi connectivity index (χ2v) is 10.6. The Labute approximate surface area is 211 Å². The van der Waals surface area contributed by atoms with Gasteiger partial charge in [0, 0.05) is 29.8 Å². The summed E-state index contributed by atoms with van der Waals surface area (Å²) in [5, 5.41) is 17.5. The zero-order valence-corrected chi connectivity index (χ0v) is 21.2. The largest absolute Gasteiger partial charge is 0.387 e. The second kappa shape index (κ2) is 12.2. The van der Waals surface area contributed by atoms with Crippen LogP contribution in [0, 0.1) is 6.92 Å². The molecule has 35 heavy (non-hydrogen) atoms. The van der Waals surface area contributed by atoms with E-state index in [0.717, 1.165) is 16.8 Å². The zero-order valence-electron chi connectivity index (χ0n) is 19.7. The van der Waals surface area contributed by atoms with Gasteiger partial charge in [-0.15, -0.1) is 0 Å². The van der Waals surface area contributed by atoms with Gasteiger partial charge in [0.25, 0.3) is 10.0 Å². The number of benzene rings is 3. The highest BCUT2D eigenvalue weighted by atomic mass is 35.5. The Bertz CT molecular complexity index is 1230. The zero-order chi connectivity index (χ0) is 25.4. The minimum atomic E-state index is -3.90. The first-order valence-electron chi connectivity index (χ1n) is 11.2. The average Bonchev–Trinajstić information content (AvgIpc) is 2.82. The fraction of sp³-hybridized carbons (Fsp3) is 0.269. The third-order valence-corrected chi connectivity index (χ3v) is 7.03. The topological polar surface area (TPSA) is 108 Å². The highest BCUT2D eigenvalue weighted by Gasteiger charge is 2.17. The quantitative estimate of drug-likeness (QED) is 0.309. The number of carbonyl (C=O) groups excluding carboxylic acids is 1. The molecule has 1 amide bonds. The van der Waals surface area contributed by atoms with E-state index in [4.69, 9.17) is 11.6 Å². The first-order chi connectivity index (χ1) is 16.6. The van der Waals surface area contributed by atoms with Gasteiger partial charge >= 0.3 is 0 Å². The van der Waals surface area contributed by atoms with E-state index in [1.807, 2.05) is 38.1 Å². The molecule has 2 atom stereocenters. The Kier molecular flexibility index (Phi) is 9.28. The number of hydrogen-bond donors (Lipinski definition) is 4. The number of aliphatic hydroxyl groups excluding tert-OH is 1. The van der Waals surface area contributed by atoms with Gasteiger partial charge in [0.2, 0.25) is 5.91 Å². The third kappa shape index (κ3) is 8.36. The summed E-state index contributed by atoms with van der Waals surface area (Å²) in [7, 11) is -3.90. The van der Waals surface area contributed by atoms with Gasteiger partial charge < -0.3 is 15.7 Å². The number of halogens is 1. The van der Waals surface area contributed by atoms with Gasteiger partial charge in [-0.1, -0.05) is 53.6 Å². The lowest BCUT2D eigenvalue weighted by Gasteiger charge is -2.18. The number of amides is 1. The van der Waals surface area contributed by atoms with Crippen LogP contribution in [0.5, 0.6) is 0 Å². The summed E-state index contributed by atoms with van der Waals surface area (Å²) >= 11 is 5.98. The van der Waals surface area contributed by atoms with Crippen molar-refractivity contribution in [2.45, 2.75) is 37.3 Å². The minimum Gasteiger partial charge on any atom is -0.387 e. The van der Waals surface area contributed by atoms with Gasteiger partial charge in [-0.2, -0.15) is 0 Å². The molecule has 4 N–H and O–H groups in total. The van der Waals surface area contributed by atoms with E-state index in [9.17, 15) is 18.3 Å². The van der Waals surface area contributed by atoms with Gasteiger partial charge in [-0.3, -0.25) is 4.79 Å². The molecule has 0 fully saturated rings. The number of rotatable bonds is 11. The van der Waals surface area contributed by atoms with Crippen molar-refractivity contribution in [2.24, 2.45) is 0 Å². The van der Waals surface area contributed by atoms with Crippen LogP contribution in [0.4, 0.5) is 5.69 Å². The van der Waals surface area contributed by atoms with Crippen molar-refractivity contribution in [2.75, 3.05) is 18.4 Å². The van der Waals surface area contributed by atoms with Crippen LogP contribution in [0.3, 0.4) is 0 Å². The lowest BCUT2D eigenvalue weighted by molar-refractivity contribution is -0.118. The maximum atomic E-state index is 12.4. The molecule has 0 spiro atoms. The van der Waals surface area contributed by atoms with Crippen LogP contribution in [-0.2, 0) is 21.2 Å². The Morgan fingerprint density at radius 2 is 1.69 bits per heavy atom. The van der Waals surface area contributed by atoms with Crippen molar-refractivity contribution in [3.63, 3.8) is 0 Å². The van der Waals surface area contributed by atoms with E-state index in [2.05, 4.69) is 15.4 Å². The molecule has 0 aromatic heterocycles. The molecule has 0 saturated heterocycles. The fourth-order valence-corrected chi connectivity index (χ4v) is 4.56. The molecule has 3 aromatic carbocycles. The average molecular weight is 516 g/mol. The van der Waals surface area contributed by atoms with Crippen molar-refractivity contribution >= 4 is 33.2 Å². The second-order valence-electron chi connectivity index (χ2n) is 8.48. The van der Waals surface area contributed by atoms with E-state index in [1.54, 1.807) is 36.4 Å². The van der Waals surface area contributed by atoms with Crippen molar-refractivity contribution < 1.29 is 18.3 Å². The molecule has 0 bridgehead atoms. The van der Waals surface area contributed by atoms with Gasteiger partial charge in [-0.05, 0) is 61.4 Å². The molecule has 3 rings (SSSR count). The maximum absolute atomic E-state index is 12.4. The molecule has 0 heterocycles. The van der Waals surface area contributed by atoms with Gasteiger partial charge in [0.1, 0.15) is 0 Å². The van der Waals surface area contributed by atoms with Crippen molar-refractivity contribution in [1.82, 2.24) is 10.0 Å². The first kappa shape index (κ1) is 26.7. The van der Waals surface area contributed by atoms with Crippen molar-refractivity contribution in [1.29, 1.82) is 0 Å². The number of aliphatic hydroxyl groups is 1. The van der Waals surface area contributed by atoms with Crippen LogP contribution >= 0.6 is 11.6 Å². The SMILES string of the molecule is Cc1ccc(S(=O)(=O)NC(=O)Cc2ccc(NC[C@@H](C)NC[C@H](O)c3cccc(Cl)c3)cc2)cc1. The van der Waals surface area contributed by atoms with Crippen molar-refractivity contribution in [3.05, 3.63) is 94.5 Å². The summed E-state index contributed by atoms with van der Waals surface area (Å²) in [6.45, 7) is 4.88. The Hall–Kier alpha value is -2.91. The highest BCUT2D eigenvalue weighted by Crippen LogP contribution is 2.17. The van der Waals surface area contributed by atoms with E-state index in [0.29, 0.717) is 23.7 Å². The smallest absolute Gasteiger partial charge is 0.264 e. The van der Waals surface area contributed by atoms with E-state index in [1.165, 1.54) is 12.1 Å². The molecule has 3 aromatic rings. The maximum Gasteiger partial charge on any atom is 0.264 e. The fourth-order valence-electron chi connectivity index (χ4n) is 3.38. The van der Waals surface area contributed by atoms with E-state index in [-0.39, 0.29) is 17.4 Å². The molecule has 186 valence electrons. The summed E-state index contributed by atoms with van der Waals surface area (Å²) in [6, 6.07) is 20.8. The van der Waals surface area contributed by atoms with E-state index >= 15 is 0 Å². The molecular formula is C26H30ClN3O4S. The standard InChI is InChI=1S/C26H30ClN3O4S/c1-18-6-12-24(13-7-18)35(33,34)30-26(32)14-20-8-10-23(11-9-20)29-16-19(2)28-17-25(31)21-4-3-5-22(27)15-21/h3-13,15,19,25,28-29,31H,14,16-17H2,1-2H3,(H,30,32)/t19-,25+/m1/s1. The molecule has 0 aliphatic rings. The van der Waals surface area contributed by atoms with Crippen LogP contribution in [0.1, 0.15) is 29.7 Å². The third-order valence-electron chi connectivity index (χ3n) is 5.40. The number of carbonyl (C=O) groups is 1. The summed E-state index contributed by atoms with van der Waals surface area (Å²) in [5.41, 5.74) is 3.26. The minimum absolute atomic E-state index is 0.0509. The molecule has 0 unspecified atom stereocenters. The van der Waals surface area contributed by atoms with Crippen LogP contribution in [0.25, 0.3) is 0 Å². The Balaban J connectivity index is 1.43. The van der Waals surface area contributed by atoms with Crippen LogP contribution < -0.4 is 15.4 Å². The summed E-state index contributed by atoms with van der Waals surface area (Å²) < 4.78 is 26.9. The monoisotopic (exact) mass is 515 g/mol. The number of sulfonamides is 1. The first-order valence-corrected chi connectivity index (χ1v) is 13.1. The van der Waals surface area contributed by atoms with Crippen LogP contribution in [0.2, 0.25) is 5.02 Å². The Morgan fingerprint density at radius 1 is 1.00 bits per heavy atom. The predicted molar refractivity (Wildman–Crippen MR) is 139 cm³/mol. The molecule has 9 heteroatoms. The molecule has 0 aliphatic heterocycles. The molecule has 0 saturated carbocycles. The molecular weight excluding hydrogens is 486 g/mol. The van der Waals surface area contributed by atoms with Crippen LogP contribution in [0.15, 0.2) is 77.7 Å². The lowest BCUT2D eigenvalue weighted by atomic mass is 10.1. The number of nitrogens with one attached hydrogen (secondary N) is 3. The molecule has 7 nitrogen and oxygen atoms in total. The van der Waals surface area contributed by atoms with E-state index < -0.39 is 22.0 Å². The van der Waals surface area contributed by atoms with Gasteiger partial charge in [0.15, 0.2) is 0 Å². The number of aryl methyl sites for hydroxylation is 1. The summed E-state index contributed by atoms with van der Waals surface area (Å²) in [4.78, 5) is 12.3. The Morgan fingerprint density at radius 3 is 2.34 bits per heavy atom. The summed E-state index contributed by atoms with van der Waals surface area (Å²) in [6.07, 6.45) is -0.707. The molecule has 0 radical (unpaired) electrons. The molecule has 0 aliphatic carbocycles.